The molecule has 1 N–H and O–H groups in total. The van der Waals surface area contributed by atoms with E-state index >= 15 is 0 Å². The number of carbonyl (C=O) groups excluding carboxylic acids is 8. The van der Waals surface area contributed by atoms with Crippen molar-refractivity contribution in [2.75, 3.05) is 31.4 Å². The molecule has 5 aliphatic heterocycles. The van der Waals surface area contributed by atoms with Crippen LogP contribution in [0.15, 0.2) is 0 Å². The van der Waals surface area contributed by atoms with Gasteiger partial charge in [-0.1, -0.05) is 37.8 Å². The fraction of sp³-hybridized carbons (Fsp3) is 0.652. The molecule has 0 aromatic heterocycles. The molecule has 274 valence electrons. The molecule has 5 heterocycles. The van der Waals surface area contributed by atoms with Gasteiger partial charge in [0, 0.05) is 88.8 Å². The summed E-state index contributed by atoms with van der Waals surface area (Å²) in [5.41, 5.74) is 0. The average molecular weight is 1400 g/mol. The number of hydrogen-bond donors (Lipinski definition) is 1. The van der Waals surface area contributed by atoms with Crippen molar-refractivity contribution >= 4 is 168 Å². The molecule has 0 aromatic carbocycles. The van der Waals surface area contributed by atoms with Gasteiger partial charge in [0.1, 0.15) is 6.10 Å². The topological polar surface area (TPSA) is 222 Å². The molecule has 5 fully saturated rings. The molecule has 5 aliphatic rings. The van der Waals surface area contributed by atoms with Crippen LogP contribution in [0.4, 0.5) is 9.59 Å². The van der Waals surface area contributed by atoms with Crippen molar-refractivity contribution in [3.63, 3.8) is 0 Å². The predicted molar refractivity (Wildman–Crippen MR) is 209 cm³/mol. The summed E-state index contributed by atoms with van der Waals surface area (Å²) in [5, 5.41) is 9.58. The summed E-state index contributed by atoms with van der Waals surface area (Å²) < 4.78 is 14.6. The number of rotatable bonds is 4. The van der Waals surface area contributed by atoms with Gasteiger partial charge < -0.3 is 19.3 Å². The van der Waals surface area contributed by atoms with E-state index in [9.17, 15) is 38.4 Å². The van der Waals surface area contributed by atoms with E-state index in [0.717, 1.165) is 13.0 Å². The maximum atomic E-state index is 11.2. The number of hydroxylamine groups is 6. The van der Waals surface area contributed by atoms with Crippen LogP contribution in [0, 0.1) is 0 Å². The van der Waals surface area contributed by atoms with Gasteiger partial charge in [-0.2, -0.15) is 4.79 Å². The number of alkyl halides is 1. The molecular formula is C23H30I6N3O15V. The first kappa shape index (κ1) is 48.8. The molecular weight excluding hydrogens is 1370 g/mol. The number of amides is 6. The first-order chi connectivity index (χ1) is 22.8. The Morgan fingerprint density at radius 2 is 0.958 bits per heavy atom. The van der Waals surface area contributed by atoms with Gasteiger partial charge in [-0.15, -0.1) is 0 Å². The second-order valence-corrected chi connectivity index (χ2v) is 44.2. The number of ether oxygens (including phenoxy) is 3. The number of nitrogens with zero attached hydrogens (tertiary/aromatic N) is 3. The Labute approximate surface area is 349 Å². The Balaban J connectivity index is 0.000000667. The molecule has 48 heavy (non-hydrogen) atoms. The maximum absolute atomic E-state index is 11.2. The summed E-state index contributed by atoms with van der Waals surface area (Å²) in [6.45, 7) is 2.12. The van der Waals surface area contributed by atoms with Gasteiger partial charge in [0.05, 0.1) is 25.9 Å². The molecule has 2 unspecified atom stereocenters. The zero-order valence-corrected chi connectivity index (χ0v) is 39.2. The fourth-order valence-electron chi connectivity index (χ4n) is 3.50. The number of hydrogen-bond acceptors (Lipinski definition) is 15. The van der Waals surface area contributed by atoms with Crippen LogP contribution >= 0.6 is 120 Å². The molecule has 0 spiro atoms. The summed E-state index contributed by atoms with van der Waals surface area (Å²) >= 11 is 13.8. The molecule has 6 amide bonds. The van der Waals surface area contributed by atoms with Crippen LogP contribution in [0.5, 0.6) is 0 Å². The Hall–Kier alpha value is 0.804. The van der Waals surface area contributed by atoms with Gasteiger partial charge in [0.15, 0.2) is 0 Å². The van der Waals surface area contributed by atoms with E-state index in [1.165, 1.54) is 0 Å². The molecule has 0 aromatic rings. The Morgan fingerprint density at radius 3 is 1.21 bits per heavy atom. The van der Waals surface area contributed by atoms with E-state index in [1.54, 1.807) is 0 Å². The third-order valence-electron chi connectivity index (χ3n) is 5.57. The molecule has 5 saturated heterocycles. The van der Waals surface area contributed by atoms with E-state index in [1.807, 2.05) is 4.93 Å². The van der Waals surface area contributed by atoms with Crippen molar-refractivity contribution in [3.05, 3.63) is 0 Å². The molecule has 18 nitrogen and oxygen atoms in total. The SMILES string of the molecule is CI.II.O=C(OC1CCOC1)ON1C(=O)CCC1=O.O=C(ON1C(=O)CCC1=O)ON1C(=O)CCC1=O.OC1CCOC1.[I][V]([I])[I]. The van der Waals surface area contributed by atoms with E-state index in [4.69, 9.17) is 19.3 Å². The predicted octanol–water partition coefficient (Wildman–Crippen LogP) is 4.50. The van der Waals surface area contributed by atoms with E-state index < -0.39 is 47.8 Å². The third kappa shape index (κ3) is 20.2. The van der Waals surface area contributed by atoms with Crippen LogP contribution in [0.3, 0.4) is 0 Å². The standard InChI is InChI=1S/C9H8N2O7.C9H11NO6.C4H8O2.CH3I.I2.3HI.V/c12-5-1-2-6(13)10(5)17-9(16)18-11-7(14)3-4-8(11)15;11-7-1-2-8(12)10(7)16-9(13)15-6-3-4-14-5-6;5-4-1-2-6-3-4;2*1-2;;;;/h1-4H2;6H,1-5H2;4-5H,1-3H2;1H3;;3*1H;/q;;;;;;;;+3/p-3. The van der Waals surface area contributed by atoms with Crippen molar-refractivity contribution in [2.45, 2.75) is 63.6 Å². The Bertz CT molecular complexity index is 1020. The van der Waals surface area contributed by atoms with E-state index in [2.05, 4.69) is 134 Å². The Kier molecular flexibility index (Phi) is 28.8. The summed E-state index contributed by atoms with van der Waals surface area (Å²) in [4.78, 5) is 104. The van der Waals surface area contributed by atoms with Gasteiger partial charge >= 0.3 is 77.2 Å². The number of carbonyl (C=O) groups is 8. The summed E-state index contributed by atoms with van der Waals surface area (Å²) in [6, 6.07) is 0. The molecule has 0 saturated carbocycles. The summed E-state index contributed by atoms with van der Waals surface area (Å²) in [5.74, 6) is -3.78. The first-order valence-electron chi connectivity index (χ1n) is 13.3. The van der Waals surface area contributed by atoms with Crippen molar-refractivity contribution in [1.82, 2.24) is 15.2 Å². The summed E-state index contributed by atoms with van der Waals surface area (Å²) in [6.07, 6.45) is -1.76. The summed E-state index contributed by atoms with van der Waals surface area (Å²) in [7, 11) is 0. The fourth-order valence-corrected chi connectivity index (χ4v) is 3.50. The number of aliphatic hydroxyl groups is 1. The van der Waals surface area contributed by atoms with Crippen LogP contribution in [0.25, 0.3) is 0 Å². The van der Waals surface area contributed by atoms with Crippen molar-refractivity contribution < 1.29 is 77.1 Å². The first-order valence-corrected chi connectivity index (χ1v) is 35.2. The van der Waals surface area contributed by atoms with Crippen LogP contribution < -0.4 is 0 Å². The van der Waals surface area contributed by atoms with Gasteiger partial charge in [0.25, 0.3) is 35.4 Å². The molecule has 0 aliphatic carbocycles. The number of imide groups is 3. The Morgan fingerprint density at radius 1 is 0.646 bits per heavy atom. The minimum absolute atomic E-state index is 0.0618. The van der Waals surface area contributed by atoms with Crippen molar-refractivity contribution in [3.8, 4) is 0 Å². The monoisotopic (exact) mass is 1400 g/mol. The molecule has 5 rings (SSSR count). The van der Waals surface area contributed by atoms with Gasteiger partial charge in [-0.05, 0) is 11.4 Å². The molecule has 0 bridgehead atoms. The van der Waals surface area contributed by atoms with Crippen LogP contribution in [0.2, 0.25) is 0 Å². The van der Waals surface area contributed by atoms with Gasteiger partial charge in [0.2, 0.25) is 0 Å². The molecule has 25 heteroatoms. The normalized spacial score (nSPS) is 21.1. The quantitative estimate of drug-likeness (QED) is 0.177. The third-order valence-corrected chi connectivity index (χ3v) is 5.57. The van der Waals surface area contributed by atoms with E-state index in [0.29, 0.717) is 31.3 Å². The molecule has 2 atom stereocenters. The van der Waals surface area contributed by atoms with Crippen molar-refractivity contribution in [1.29, 1.82) is 0 Å². The van der Waals surface area contributed by atoms with Crippen LogP contribution in [0.1, 0.15) is 51.4 Å². The number of aliphatic hydroxyl groups excluding tert-OH is 1. The van der Waals surface area contributed by atoms with E-state index in [-0.39, 0.29) is 65.8 Å². The number of halogens is 6. The van der Waals surface area contributed by atoms with Gasteiger partial charge in [-0.25, -0.2) is 4.79 Å². The van der Waals surface area contributed by atoms with Crippen LogP contribution in [-0.2, 0) is 62.4 Å². The zero-order valence-electron chi connectivity index (χ0n) is 24.9. The second-order valence-electron chi connectivity index (χ2n) is 8.83. The average Bonchev–Trinajstić information content (AvgIpc) is 3.90. The van der Waals surface area contributed by atoms with Crippen LogP contribution in [-0.4, -0.2) is 112 Å². The second kappa shape index (κ2) is 28.3. The van der Waals surface area contributed by atoms with Crippen molar-refractivity contribution in [2.24, 2.45) is 0 Å². The zero-order chi connectivity index (χ0) is 36.8. The molecule has 0 radical (unpaired) electrons. The minimum atomic E-state index is -1.48. The van der Waals surface area contributed by atoms with Gasteiger partial charge in [-0.3, -0.25) is 43.3 Å².